The van der Waals surface area contributed by atoms with Crippen molar-refractivity contribution in [1.82, 2.24) is 4.98 Å². The summed E-state index contributed by atoms with van der Waals surface area (Å²) in [6.45, 7) is 23.4. The summed E-state index contributed by atoms with van der Waals surface area (Å²) in [7, 11) is 3.28. The lowest BCUT2D eigenvalue weighted by Crippen LogP contribution is -2.28. The monoisotopic (exact) mass is 933 g/mol. The van der Waals surface area contributed by atoms with Crippen LogP contribution in [0.4, 0.5) is 13.2 Å². The van der Waals surface area contributed by atoms with Crippen LogP contribution < -0.4 is 14.2 Å². The molecule has 0 atom stereocenters. The van der Waals surface area contributed by atoms with Crippen molar-refractivity contribution in [3.05, 3.63) is 117 Å². The van der Waals surface area contributed by atoms with E-state index in [-0.39, 0.29) is 37.2 Å². The predicted octanol–water partition coefficient (Wildman–Crippen LogP) is 16.3. The highest BCUT2D eigenvalue weighted by Crippen LogP contribution is 2.36. The Labute approximate surface area is 394 Å². The van der Waals surface area contributed by atoms with Crippen LogP contribution in [0, 0.1) is 29.1 Å². The minimum Gasteiger partial charge on any atom is -0.493 e. The van der Waals surface area contributed by atoms with Crippen molar-refractivity contribution in [3.63, 3.8) is 0 Å². The number of rotatable bonds is 17. The number of alkyl halides is 3. The van der Waals surface area contributed by atoms with Gasteiger partial charge in [0.15, 0.2) is 11.5 Å². The summed E-state index contributed by atoms with van der Waals surface area (Å²) in [6.07, 6.45) is 3.62. The van der Waals surface area contributed by atoms with Gasteiger partial charge in [0.1, 0.15) is 5.56 Å². The number of hydrogen-bond donors (Lipinski definition) is 0. The summed E-state index contributed by atoms with van der Waals surface area (Å²) < 4.78 is 54.0. The Morgan fingerprint density at radius 2 is 1.39 bits per heavy atom. The molecular formula is C53H77Cl2F3N2O4. The molecule has 0 fully saturated rings. The van der Waals surface area contributed by atoms with Crippen LogP contribution >= 0.6 is 23.2 Å². The Morgan fingerprint density at radius 1 is 0.766 bits per heavy atom. The molecule has 1 amide bonds. The van der Waals surface area contributed by atoms with E-state index >= 15 is 0 Å². The number of methoxy groups -OCH3 is 2. The summed E-state index contributed by atoms with van der Waals surface area (Å²) >= 11 is 11.7. The molecule has 11 heteroatoms. The minimum absolute atomic E-state index is 0. The highest BCUT2D eigenvalue weighted by atomic mass is 35.5. The zero-order chi connectivity index (χ0) is 47.8. The molecule has 0 bridgehead atoms. The molecule has 1 aromatic heterocycles. The summed E-state index contributed by atoms with van der Waals surface area (Å²) in [5.74, 6) is 3.17. The molecule has 0 aliphatic rings. The lowest BCUT2D eigenvalue weighted by molar-refractivity contribution is -0.139. The van der Waals surface area contributed by atoms with E-state index in [4.69, 9.17) is 37.4 Å². The smallest absolute Gasteiger partial charge is 0.421 e. The van der Waals surface area contributed by atoms with Crippen LogP contribution in [0.15, 0.2) is 90.1 Å². The van der Waals surface area contributed by atoms with Crippen molar-refractivity contribution in [2.45, 2.75) is 135 Å². The van der Waals surface area contributed by atoms with Gasteiger partial charge in [-0.15, -0.1) is 0 Å². The van der Waals surface area contributed by atoms with E-state index < -0.39 is 11.7 Å². The molecule has 0 aliphatic carbocycles. The van der Waals surface area contributed by atoms with Crippen molar-refractivity contribution in [3.8, 4) is 17.4 Å². The molecule has 0 radical (unpaired) electrons. The number of amides is 1. The molecule has 0 N–H and O–H groups in total. The zero-order valence-corrected chi connectivity index (χ0v) is 41.5. The number of carbonyl (C=O) groups is 1. The van der Waals surface area contributed by atoms with Crippen molar-refractivity contribution in [2.24, 2.45) is 34.1 Å². The van der Waals surface area contributed by atoms with Gasteiger partial charge in [-0.2, -0.15) is 13.2 Å². The fraction of sp³-hybridized carbons (Fsp3) is 0.528. The molecule has 0 saturated carbocycles. The van der Waals surface area contributed by atoms with Crippen LogP contribution in [0.1, 0.15) is 132 Å². The van der Waals surface area contributed by atoms with E-state index in [0.717, 1.165) is 60.4 Å². The summed E-state index contributed by atoms with van der Waals surface area (Å²) in [6, 6.07) is 23.8. The lowest BCUT2D eigenvalue weighted by atomic mass is 9.82. The Kier molecular flexibility index (Phi) is 29.0. The summed E-state index contributed by atoms with van der Waals surface area (Å²) in [5.41, 5.74) is 3.37. The van der Waals surface area contributed by atoms with Gasteiger partial charge in [-0.1, -0.05) is 162 Å². The number of ether oxygens (including phenoxy) is 3. The van der Waals surface area contributed by atoms with Crippen LogP contribution in [0.25, 0.3) is 0 Å². The molecule has 0 aliphatic heterocycles. The maximum atomic E-state index is 12.7. The molecule has 358 valence electrons. The molecule has 3 aromatic carbocycles. The van der Waals surface area contributed by atoms with Crippen molar-refractivity contribution in [1.29, 1.82) is 0 Å². The normalized spacial score (nSPS) is 11.4. The van der Waals surface area contributed by atoms with E-state index in [1.165, 1.54) is 36.2 Å². The third kappa shape index (κ3) is 24.3. The summed E-state index contributed by atoms with van der Waals surface area (Å²) in [5, 5.41) is 1.28. The van der Waals surface area contributed by atoms with Crippen LogP contribution in [0.5, 0.6) is 17.4 Å². The van der Waals surface area contributed by atoms with Crippen molar-refractivity contribution >= 4 is 34.8 Å². The SMILES string of the molecule is C.CC(C)C(C)(C)COc1ncccc1C(F)(F)F.CC(C)Cc1ccc(Cl)c(Cl)c1.CCCC(C)C.COc1ccc(CCCC(=NC(=O)Cc2ccccc2)C(C)C)cc1OC. The lowest BCUT2D eigenvalue weighted by Gasteiger charge is -2.29. The van der Waals surface area contributed by atoms with Gasteiger partial charge in [-0.05, 0) is 102 Å². The Morgan fingerprint density at radius 3 is 1.89 bits per heavy atom. The average Bonchev–Trinajstić information content (AvgIpc) is 3.21. The number of halogens is 5. The topological polar surface area (TPSA) is 70.0 Å². The van der Waals surface area contributed by atoms with Crippen molar-refractivity contribution in [2.75, 3.05) is 20.8 Å². The van der Waals surface area contributed by atoms with Crippen LogP contribution in [0.2, 0.25) is 10.0 Å². The van der Waals surface area contributed by atoms with Gasteiger partial charge in [0.05, 0.1) is 37.3 Å². The van der Waals surface area contributed by atoms with Gasteiger partial charge in [-0.25, -0.2) is 9.98 Å². The minimum atomic E-state index is -4.44. The van der Waals surface area contributed by atoms with E-state index in [0.29, 0.717) is 28.3 Å². The van der Waals surface area contributed by atoms with E-state index in [2.05, 4.69) is 58.4 Å². The van der Waals surface area contributed by atoms with Gasteiger partial charge < -0.3 is 14.2 Å². The molecular weight excluding hydrogens is 856 g/mol. The number of aryl methyl sites for hydroxylation is 1. The number of nitrogens with zero attached hydrogens (tertiary/aromatic N) is 2. The zero-order valence-electron chi connectivity index (χ0n) is 40.0. The first-order chi connectivity index (χ1) is 29.5. The Hall–Kier alpha value is -4.08. The molecule has 1 heterocycles. The largest absolute Gasteiger partial charge is 0.493 e. The van der Waals surface area contributed by atoms with Crippen LogP contribution in [-0.2, 0) is 30.2 Å². The first-order valence-corrected chi connectivity index (χ1v) is 22.7. The molecule has 6 nitrogen and oxygen atoms in total. The number of pyridine rings is 1. The van der Waals surface area contributed by atoms with E-state index in [1.54, 1.807) is 14.2 Å². The van der Waals surface area contributed by atoms with Gasteiger partial charge in [0.25, 0.3) is 0 Å². The number of benzene rings is 3. The second-order valence-electron chi connectivity index (χ2n) is 17.7. The van der Waals surface area contributed by atoms with Crippen LogP contribution in [-0.4, -0.2) is 37.4 Å². The quantitative estimate of drug-likeness (QED) is 0.0987. The average molecular weight is 934 g/mol. The Bertz CT molecular complexity index is 1930. The molecule has 64 heavy (non-hydrogen) atoms. The van der Waals surface area contributed by atoms with E-state index in [1.807, 2.05) is 94.4 Å². The predicted molar refractivity (Wildman–Crippen MR) is 265 cm³/mol. The van der Waals surface area contributed by atoms with Gasteiger partial charge in [0, 0.05) is 17.3 Å². The third-order valence-electron chi connectivity index (χ3n) is 10.2. The molecule has 0 saturated heterocycles. The number of aromatic nitrogens is 1. The van der Waals surface area contributed by atoms with Crippen LogP contribution in [0.3, 0.4) is 0 Å². The maximum Gasteiger partial charge on any atom is 0.421 e. The van der Waals surface area contributed by atoms with Gasteiger partial charge in [-0.3, -0.25) is 4.79 Å². The Balaban J connectivity index is 0.000000923. The highest BCUT2D eigenvalue weighted by molar-refractivity contribution is 6.42. The fourth-order valence-corrected chi connectivity index (χ4v) is 6.13. The molecule has 0 unspecified atom stereocenters. The maximum absolute atomic E-state index is 12.7. The van der Waals surface area contributed by atoms with Gasteiger partial charge in [0.2, 0.25) is 11.8 Å². The number of carbonyl (C=O) groups excluding carboxylic acids is 1. The molecule has 4 rings (SSSR count). The van der Waals surface area contributed by atoms with E-state index in [9.17, 15) is 18.0 Å². The summed E-state index contributed by atoms with van der Waals surface area (Å²) in [4.78, 5) is 20.4. The molecule has 4 aromatic rings. The van der Waals surface area contributed by atoms with Crippen molar-refractivity contribution < 1.29 is 32.2 Å². The number of aliphatic imine (C=N–C) groups is 1. The standard InChI is InChI=1S/C23H29NO3.C13H18F3NO.C10H12Cl2.C6H14.CH4/c1-17(2)20(24-23(25)16-18-9-6-5-7-10-18)12-8-11-19-13-14-21(26-3)22(15-19)27-4;1-9(2)12(3,4)8-18-11-10(13(14,15)16)6-5-7-17-11;1-7(2)5-8-3-4-9(11)10(12)6-8;1-4-5-6(2)3;/h5-7,9-10,13-15,17H,8,11-12,16H2,1-4H3;5-7,9H,8H2,1-4H3;3-4,6-7H,5H2,1-2H3;6H,4-5H2,1-3H3;1H4. The second kappa shape index (κ2) is 30.9. The first kappa shape index (κ1) is 59.9. The molecule has 0 spiro atoms. The fourth-order valence-electron chi connectivity index (χ4n) is 5.81. The third-order valence-corrected chi connectivity index (χ3v) is 10.9. The number of hydrogen-bond acceptors (Lipinski definition) is 5. The highest BCUT2D eigenvalue weighted by Gasteiger charge is 2.35. The second-order valence-corrected chi connectivity index (χ2v) is 18.5. The van der Waals surface area contributed by atoms with Gasteiger partial charge >= 0.3 is 6.18 Å². The first-order valence-electron chi connectivity index (χ1n) is 22.0.